The zero-order valence-corrected chi connectivity index (χ0v) is 13.0. The first kappa shape index (κ1) is 15.6. The molecule has 0 amide bonds. The lowest BCUT2D eigenvalue weighted by atomic mass is 9.98. The Morgan fingerprint density at radius 3 is 2.25 bits per heavy atom. The zero-order valence-electron chi connectivity index (χ0n) is 10.8. The van der Waals surface area contributed by atoms with Crippen LogP contribution in [-0.2, 0) is 6.42 Å². The summed E-state index contributed by atoms with van der Waals surface area (Å²) in [6.45, 7) is 0. The standard InChI is InChI=1S/C15H13Cl3FN/c1-20-14(9-4-2-7-13(19)15(9)18)8-10-11(16)5-3-6-12(10)17/h2-7,14,20H,8H2,1H3. The van der Waals surface area contributed by atoms with E-state index in [4.69, 9.17) is 34.8 Å². The van der Waals surface area contributed by atoms with Gasteiger partial charge < -0.3 is 5.32 Å². The Morgan fingerprint density at radius 1 is 1.05 bits per heavy atom. The van der Waals surface area contributed by atoms with E-state index in [9.17, 15) is 4.39 Å². The van der Waals surface area contributed by atoms with Gasteiger partial charge in [0.25, 0.3) is 0 Å². The molecule has 2 aromatic carbocycles. The minimum absolute atomic E-state index is 0.120. The molecule has 0 saturated carbocycles. The smallest absolute Gasteiger partial charge is 0.142 e. The molecule has 2 rings (SSSR count). The molecule has 0 fully saturated rings. The van der Waals surface area contributed by atoms with E-state index in [0.29, 0.717) is 22.0 Å². The number of hydrogen-bond acceptors (Lipinski definition) is 1. The Hall–Kier alpha value is -0.800. The molecule has 1 N–H and O–H groups in total. The molecule has 0 saturated heterocycles. The van der Waals surface area contributed by atoms with Crippen LogP contribution in [-0.4, -0.2) is 7.05 Å². The summed E-state index contributed by atoms with van der Waals surface area (Å²) in [5.41, 5.74) is 1.50. The van der Waals surface area contributed by atoms with Crippen molar-refractivity contribution >= 4 is 34.8 Å². The van der Waals surface area contributed by atoms with Gasteiger partial charge in [-0.15, -0.1) is 0 Å². The van der Waals surface area contributed by atoms with E-state index < -0.39 is 5.82 Å². The van der Waals surface area contributed by atoms with E-state index in [1.165, 1.54) is 6.07 Å². The molecule has 1 nitrogen and oxygen atoms in total. The molecule has 2 aromatic rings. The minimum Gasteiger partial charge on any atom is -0.313 e. The van der Waals surface area contributed by atoms with Crippen LogP contribution in [0.3, 0.4) is 0 Å². The van der Waals surface area contributed by atoms with Crippen LogP contribution in [0, 0.1) is 5.82 Å². The van der Waals surface area contributed by atoms with Crippen LogP contribution in [0.25, 0.3) is 0 Å². The third kappa shape index (κ3) is 3.26. The van der Waals surface area contributed by atoms with Crippen molar-refractivity contribution in [2.75, 3.05) is 7.05 Å². The van der Waals surface area contributed by atoms with Crippen molar-refractivity contribution in [3.8, 4) is 0 Å². The van der Waals surface area contributed by atoms with Crippen LogP contribution >= 0.6 is 34.8 Å². The van der Waals surface area contributed by atoms with Gasteiger partial charge in [-0.2, -0.15) is 0 Å². The van der Waals surface area contributed by atoms with Crippen molar-refractivity contribution in [3.63, 3.8) is 0 Å². The first-order chi connectivity index (χ1) is 9.54. The lowest BCUT2D eigenvalue weighted by Crippen LogP contribution is -2.20. The van der Waals surface area contributed by atoms with E-state index in [0.717, 1.165) is 5.56 Å². The van der Waals surface area contributed by atoms with Crippen LogP contribution in [0.2, 0.25) is 15.1 Å². The molecule has 0 aromatic heterocycles. The molecule has 0 heterocycles. The van der Waals surface area contributed by atoms with Gasteiger partial charge in [0.15, 0.2) is 0 Å². The molecule has 0 radical (unpaired) electrons. The summed E-state index contributed by atoms with van der Waals surface area (Å²) in [5, 5.41) is 4.42. The second-order valence-corrected chi connectivity index (χ2v) is 5.58. The summed E-state index contributed by atoms with van der Waals surface area (Å²) in [7, 11) is 1.79. The van der Waals surface area contributed by atoms with Gasteiger partial charge in [-0.25, -0.2) is 4.39 Å². The number of hydrogen-bond donors (Lipinski definition) is 1. The molecule has 20 heavy (non-hydrogen) atoms. The number of likely N-dealkylation sites (N-methyl/N-ethyl adjacent to an activating group) is 1. The fourth-order valence-electron chi connectivity index (χ4n) is 2.09. The minimum atomic E-state index is -0.435. The quantitative estimate of drug-likeness (QED) is 0.802. The Labute approximate surface area is 132 Å². The fourth-order valence-corrected chi connectivity index (χ4v) is 2.90. The number of halogens is 4. The second kappa shape index (κ2) is 6.77. The van der Waals surface area contributed by atoms with E-state index in [-0.39, 0.29) is 11.1 Å². The maximum atomic E-state index is 13.6. The molecule has 0 aliphatic carbocycles. The highest BCUT2D eigenvalue weighted by Gasteiger charge is 2.18. The highest BCUT2D eigenvalue weighted by molar-refractivity contribution is 6.36. The molecule has 0 aliphatic heterocycles. The lowest BCUT2D eigenvalue weighted by molar-refractivity contribution is 0.578. The molecule has 0 aliphatic rings. The van der Waals surface area contributed by atoms with E-state index in [1.54, 1.807) is 37.4 Å². The summed E-state index contributed by atoms with van der Waals surface area (Å²) in [6.07, 6.45) is 0.526. The molecule has 106 valence electrons. The summed E-state index contributed by atoms with van der Waals surface area (Å²) in [6, 6.07) is 9.94. The normalized spacial score (nSPS) is 12.4. The molecule has 0 spiro atoms. The maximum absolute atomic E-state index is 13.6. The maximum Gasteiger partial charge on any atom is 0.142 e. The fraction of sp³-hybridized carbons (Fsp3) is 0.200. The van der Waals surface area contributed by atoms with Crippen molar-refractivity contribution in [1.82, 2.24) is 5.32 Å². The number of rotatable bonds is 4. The Balaban J connectivity index is 2.37. The summed E-state index contributed by atoms with van der Waals surface area (Å²) >= 11 is 18.4. The van der Waals surface area contributed by atoms with Crippen molar-refractivity contribution in [2.24, 2.45) is 0 Å². The van der Waals surface area contributed by atoms with Gasteiger partial charge in [-0.1, -0.05) is 53.0 Å². The third-order valence-corrected chi connectivity index (χ3v) is 4.28. The van der Waals surface area contributed by atoms with Gasteiger partial charge in [0.1, 0.15) is 5.82 Å². The molecule has 0 bridgehead atoms. The van der Waals surface area contributed by atoms with Crippen molar-refractivity contribution < 1.29 is 4.39 Å². The monoisotopic (exact) mass is 331 g/mol. The highest BCUT2D eigenvalue weighted by atomic mass is 35.5. The number of benzene rings is 2. The average molecular weight is 333 g/mol. The molecular weight excluding hydrogens is 320 g/mol. The predicted octanol–water partition coefficient (Wildman–Crippen LogP) is 5.29. The van der Waals surface area contributed by atoms with Crippen molar-refractivity contribution in [3.05, 3.63) is 68.4 Å². The number of nitrogens with one attached hydrogen (secondary N) is 1. The first-order valence-corrected chi connectivity index (χ1v) is 7.22. The van der Waals surface area contributed by atoms with Gasteiger partial charge in [0.2, 0.25) is 0 Å². The summed E-state index contributed by atoms with van der Waals surface area (Å²) < 4.78 is 13.6. The molecule has 5 heteroatoms. The summed E-state index contributed by atoms with van der Waals surface area (Å²) in [5.74, 6) is -0.435. The van der Waals surface area contributed by atoms with Gasteiger partial charge in [0.05, 0.1) is 5.02 Å². The van der Waals surface area contributed by atoms with E-state index in [1.807, 2.05) is 0 Å². The predicted molar refractivity (Wildman–Crippen MR) is 83.4 cm³/mol. The van der Waals surface area contributed by atoms with Gasteiger partial charge >= 0.3 is 0 Å². The topological polar surface area (TPSA) is 12.0 Å². The van der Waals surface area contributed by atoms with Crippen molar-refractivity contribution in [1.29, 1.82) is 0 Å². The van der Waals surface area contributed by atoms with Crippen molar-refractivity contribution in [2.45, 2.75) is 12.5 Å². The van der Waals surface area contributed by atoms with Gasteiger partial charge in [-0.05, 0) is 42.8 Å². The molecule has 1 atom stereocenters. The molecular formula is C15H13Cl3FN. The Kier molecular flexibility index (Phi) is 5.28. The average Bonchev–Trinajstić information content (AvgIpc) is 2.42. The van der Waals surface area contributed by atoms with Crippen LogP contribution in [0.15, 0.2) is 36.4 Å². The zero-order chi connectivity index (χ0) is 14.7. The van der Waals surface area contributed by atoms with Crippen LogP contribution in [0.4, 0.5) is 4.39 Å². The Bertz CT molecular complexity index is 596. The van der Waals surface area contributed by atoms with E-state index in [2.05, 4.69) is 5.32 Å². The second-order valence-electron chi connectivity index (χ2n) is 4.39. The van der Waals surface area contributed by atoms with Gasteiger partial charge in [0, 0.05) is 16.1 Å². The Morgan fingerprint density at radius 2 is 1.65 bits per heavy atom. The lowest BCUT2D eigenvalue weighted by Gasteiger charge is -2.19. The highest BCUT2D eigenvalue weighted by Crippen LogP contribution is 2.32. The molecule has 1 unspecified atom stereocenters. The summed E-state index contributed by atoms with van der Waals surface area (Å²) in [4.78, 5) is 0. The first-order valence-electron chi connectivity index (χ1n) is 6.08. The SMILES string of the molecule is CNC(Cc1c(Cl)cccc1Cl)c1cccc(F)c1Cl. The van der Waals surface area contributed by atoms with Gasteiger partial charge in [-0.3, -0.25) is 0 Å². The third-order valence-electron chi connectivity index (χ3n) is 3.18. The van der Waals surface area contributed by atoms with Crippen LogP contribution in [0.5, 0.6) is 0 Å². The largest absolute Gasteiger partial charge is 0.313 e. The van der Waals surface area contributed by atoms with E-state index >= 15 is 0 Å². The van der Waals surface area contributed by atoms with Crippen LogP contribution in [0.1, 0.15) is 17.2 Å². The van der Waals surface area contributed by atoms with Crippen LogP contribution < -0.4 is 5.32 Å².